The molecule has 56 valence electrons. The van der Waals surface area contributed by atoms with Crippen LogP contribution in [0.4, 0.5) is 0 Å². The molecule has 2 aliphatic rings. The molecule has 0 aromatic rings. The maximum atomic E-state index is 10.9. The Balaban J connectivity index is 2.10. The first-order valence-electron chi connectivity index (χ1n) is 3.93. The second-order valence-electron chi connectivity index (χ2n) is 3.72. The number of aliphatic hydroxyl groups excluding tert-OH is 1. The fraction of sp³-hybridized carbons (Fsp3) is 0.875. The summed E-state index contributed by atoms with van der Waals surface area (Å²) in [6, 6.07) is 0. The summed E-state index contributed by atoms with van der Waals surface area (Å²) in [5, 5.41) is 9.15. The zero-order valence-corrected chi connectivity index (χ0v) is 5.97. The molecule has 0 saturated heterocycles. The van der Waals surface area contributed by atoms with Gasteiger partial charge in [-0.2, -0.15) is 0 Å². The number of aliphatic hydroxyl groups is 1. The van der Waals surface area contributed by atoms with E-state index in [-0.39, 0.29) is 11.2 Å². The Morgan fingerprint density at radius 2 is 2.20 bits per heavy atom. The molecule has 2 aliphatic carbocycles. The van der Waals surface area contributed by atoms with Crippen molar-refractivity contribution in [1.82, 2.24) is 0 Å². The van der Waals surface area contributed by atoms with Crippen molar-refractivity contribution in [3.8, 4) is 0 Å². The van der Waals surface area contributed by atoms with Crippen LogP contribution in [0.5, 0.6) is 0 Å². The molecule has 0 aliphatic heterocycles. The third kappa shape index (κ3) is 0.717. The molecule has 1 atom stereocenters. The largest absolute Gasteiger partial charge is 0.385 e. The summed E-state index contributed by atoms with van der Waals surface area (Å²) in [4.78, 5) is 10.9. The van der Waals surface area contributed by atoms with Gasteiger partial charge in [0.2, 0.25) is 0 Å². The minimum atomic E-state index is -0.625. The van der Waals surface area contributed by atoms with Gasteiger partial charge in [0.05, 0.1) is 0 Å². The second-order valence-corrected chi connectivity index (χ2v) is 3.72. The number of carbonyl (C=O) groups is 1. The van der Waals surface area contributed by atoms with Crippen LogP contribution in [-0.4, -0.2) is 17.0 Å². The van der Waals surface area contributed by atoms with Crippen molar-refractivity contribution in [2.75, 3.05) is 0 Å². The molecule has 10 heavy (non-hydrogen) atoms. The highest BCUT2D eigenvalue weighted by Gasteiger charge is 2.47. The van der Waals surface area contributed by atoms with E-state index in [9.17, 15) is 4.79 Å². The van der Waals surface area contributed by atoms with E-state index in [0.29, 0.717) is 6.42 Å². The van der Waals surface area contributed by atoms with Gasteiger partial charge in [-0.1, -0.05) is 6.42 Å². The van der Waals surface area contributed by atoms with E-state index >= 15 is 0 Å². The summed E-state index contributed by atoms with van der Waals surface area (Å²) < 4.78 is 0. The molecule has 0 amide bonds. The molecule has 1 N–H and O–H groups in total. The van der Waals surface area contributed by atoms with Crippen LogP contribution >= 0.6 is 0 Å². The SMILES string of the molecule is O=C1CC2(CCC2)CC1O. The number of rotatable bonds is 0. The normalized spacial score (nSPS) is 36.5. The lowest BCUT2D eigenvalue weighted by Crippen LogP contribution is -2.26. The van der Waals surface area contributed by atoms with Gasteiger partial charge in [-0.25, -0.2) is 0 Å². The molecule has 0 heterocycles. The number of carbonyl (C=O) groups excluding carboxylic acids is 1. The Hall–Kier alpha value is -0.370. The smallest absolute Gasteiger partial charge is 0.161 e. The number of ketones is 1. The van der Waals surface area contributed by atoms with Crippen molar-refractivity contribution in [2.24, 2.45) is 5.41 Å². The van der Waals surface area contributed by atoms with Crippen molar-refractivity contribution in [3.05, 3.63) is 0 Å². The number of hydrogen-bond acceptors (Lipinski definition) is 2. The Bertz CT molecular complexity index is 170. The summed E-state index contributed by atoms with van der Waals surface area (Å²) in [6.07, 6.45) is 4.34. The fourth-order valence-corrected chi connectivity index (χ4v) is 2.14. The van der Waals surface area contributed by atoms with Gasteiger partial charge < -0.3 is 5.11 Å². The molecule has 2 rings (SSSR count). The number of hydrogen-bond donors (Lipinski definition) is 1. The topological polar surface area (TPSA) is 37.3 Å². The first-order chi connectivity index (χ1) is 4.72. The van der Waals surface area contributed by atoms with Crippen LogP contribution in [-0.2, 0) is 4.79 Å². The van der Waals surface area contributed by atoms with E-state index in [1.165, 1.54) is 6.42 Å². The van der Waals surface area contributed by atoms with E-state index in [4.69, 9.17) is 5.11 Å². The first-order valence-corrected chi connectivity index (χ1v) is 3.93. The van der Waals surface area contributed by atoms with Gasteiger partial charge in [0.15, 0.2) is 5.78 Å². The standard InChI is InChI=1S/C8H12O2/c9-6-4-8(2-1-3-8)5-7(6)10/h6,9H,1-5H2. The lowest BCUT2D eigenvalue weighted by Gasteiger charge is -2.37. The third-order valence-electron chi connectivity index (χ3n) is 2.96. The van der Waals surface area contributed by atoms with Crippen LogP contribution in [0.1, 0.15) is 32.1 Å². The lowest BCUT2D eigenvalue weighted by molar-refractivity contribution is -0.124. The van der Waals surface area contributed by atoms with Crippen LogP contribution in [0.2, 0.25) is 0 Å². The van der Waals surface area contributed by atoms with Gasteiger partial charge in [-0.3, -0.25) is 4.79 Å². The summed E-state index contributed by atoms with van der Waals surface area (Å²) in [7, 11) is 0. The molecular formula is C8H12O2. The number of Topliss-reactive ketones (excluding diaryl/α,β-unsaturated/α-hetero) is 1. The Labute approximate surface area is 60.2 Å². The van der Waals surface area contributed by atoms with Gasteiger partial charge in [0.1, 0.15) is 6.10 Å². The predicted molar refractivity (Wildman–Crippen MR) is 36.5 cm³/mol. The molecule has 0 aromatic carbocycles. The predicted octanol–water partition coefficient (Wildman–Crippen LogP) is 0.880. The van der Waals surface area contributed by atoms with Gasteiger partial charge in [-0.15, -0.1) is 0 Å². The average molecular weight is 140 g/mol. The summed E-state index contributed by atoms with van der Waals surface area (Å²) in [5.41, 5.74) is 0.260. The minimum Gasteiger partial charge on any atom is -0.385 e. The lowest BCUT2D eigenvalue weighted by atomic mass is 9.68. The Morgan fingerprint density at radius 3 is 2.40 bits per heavy atom. The Kier molecular flexibility index (Phi) is 1.15. The van der Waals surface area contributed by atoms with E-state index < -0.39 is 6.10 Å². The van der Waals surface area contributed by atoms with E-state index in [1.807, 2.05) is 0 Å². The highest BCUT2D eigenvalue weighted by Crippen LogP contribution is 2.51. The van der Waals surface area contributed by atoms with Crippen molar-refractivity contribution < 1.29 is 9.90 Å². The van der Waals surface area contributed by atoms with Gasteiger partial charge in [-0.05, 0) is 24.7 Å². The highest BCUT2D eigenvalue weighted by atomic mass is 16.3. The molecule has 2 fully saturated rings. The molecule has 1 unspecified atom stereocenters. The minimum absolute atomic E-state index is 0.0692. The maximum absolute atomic E-state index is 10.9. The van der Waals surface area contributed by atoms with Gasteiger partial charge >= 0.3 is 0 Å². The molecule has 0 aromatic heterocycles. The molecule has 0 radical (unpaired) electrons. The second kappa shape index (κ2) is 1.82. The summed E-state index contributed by atoms with van der Waals surface area (Å²) in [6.45, 7) is 0. The molecule has 2 heteroatoms. The highest BCUT2D eigenvalue weighted by molar-refractivity contribution is 5.86. The van der Waals surface area contributed by atoms with Crippen molar-refractivity contribution >= 4 is 5.78 Å². The van der Waals surface area contributed by atoms with Crippen molar-refractivity contribution in [3.63, 3.8) is 0 Å². The van der Waals surface area contributed by atoms with Crippen LogP contribution in [0.3, 0.4) is 0 Å². The molecule has 2 nitrogen and oxygen atoms in total. The molecule has 0 bridgehead atoms. The van der Waals surface area contributed by atoms with Gasteiger partial charge in [0, 0.05) is 6.42 Å². The molecule has 1 spiro atoms. The maximum Gasteiger partial charge on any atom is 0.161 e. The van der Waals surface area contributed by atoms with Crippen LogP contribution in [0.15, 0.2) is 0 Å². The van der Waals surface area contributed by atoms with E-state index in [1.54, 1.807) is 0 Å². The van der Waals surface area contributed by atoms with E-state index in [0.717, 1.165) is 19.3 Å². The third-order valence-corrected chi connectivity index (χ3v) is 2.96. The van der Waals surface area contributed by atoms with Crippen molar-refractivity contribution in [1.29, 1.82) is 0 Å². The molecule has 2 saturated carbocycles. The van der Waals surface area contributed by atoms with Crippen LogP contribution < -0.4 is 0 Å². The van der Waals surface area contributed by atoms with Crippen LogP contribution in [0.25, 0.3) is 0 Å². The fourth-order valence-electron chi connectivity index (χ4n) is 2.14. The summed E-state index contributed by atoms with van der Waals surface area (Å²) >= 11 is 0. The zero-order chi connectivity index (χ0) is 7.19. The monoisotopic (exact) mass is 140 g/mol. The van der Waals surface area contributed by atoms with Crippen molar-refractivity contribution in [2.45, 2.75) is 38.2 Å². The summed E-state index contributed by atoms with van der Waals surface area (Å²) in [5.74, 6) is 0.0692. The van der Waals surface area contributed by atoms with Crippen LogP contribution in [0, 0.1) is 5.41 Å². The first kappa shape index (κ1) is 6.35. The Morgan fingerprint density at radius 1 is 1.50 bits per heavy atom. The molecular weight excluding hydrogens is 128 g/mol. The van der Waals surface area contributed by atoms with E-state index in [2.05, 4.69) is 0 Å². The zero-order valence-electron chi connectivity index (χ0n) is 5.97. The quantitative estimate of drug-likeness (QED) is 0.542. The average Bonchev–Trinajstić information content (AvgIpc) is 2.08. The van der Waals surface area contributed by atoms with Gasteiger partial charge in [0.25, 0.3) is 0 Å².